The Morgan fingerprint density at radius 2 is 2.25 bits per heavy atom. The molecule has 0 radical (unpaired) electrons. The van der Waals surface area contributed by atoms with E-state index < -0.39 is 5.97 Å². The second-order valence-electron chi connectivity index (χ2n) is 3.08. The number of carboxylic acids is 1. The Labute approximate surface area is 91.3 Å². The second kappa shape index (κ2) is 4.06. The maximum absolute atomic E-state index is 10.6. The van der Waals surface area contributed by atoms with Crippen LogP contribution in [-0.2, 0) is 0 Å². The first-order valence-electron chi connectivity index (χ1n) is 4.53. The van der Waals surface area contributed by atoms with Gasteiger partial charge in [0.15, 0.2) is 0 Å². The van der Waals surface area contributed by atoms with E-state index in [9.17, 15) is 4.79 Å². The van der Waals surface area contributed by atoms with Crippen LogP contribution < -0.4 is 4.74 Å². The van der Waals surface area contributed by atoms with Crippen molar-refractivity contribution in [1.29, 1.82) is 0 Å². The van der Waals surface area contributed by atoms with Gasteiger partial charge in [-0.25, -0.2) is 4.79 Å². The lowest BCUT2D eigenvalue weighted by atomic mass is 10.2. The SMILES string of the molecule is COc1cncc(-c2ccc(C(=O)O)o2)c1. The van der Waals surface area contributed by atoms with E-state index in [4.69, 9.17) is 14.3 Å². The minimum atomic E-state index is -1.10. The van der Waals surface area contributed by atoms with Crippen LogP contribution >= 0.6 is 0 Å². The van der Waals surface area contributed by atoms with Crippen LogP contribution in [0.1, 0.15) is 10.6 Å². The van der Waals surface area contributed by atoms with Crippen molar-refractivity contribution in [3.63, 3.8) is 0 Å². The third-order valence-corrected chi connectivity index (χ3v) is 2.05. The number of methoxy groups -OCH3 is 1. The molecule has 2 heterocycles. The maximum Gasteiger partial charge on any atom is 0.371 e. The highest BCUT2D eigenvalue weighted by Crippen LogP contribution is 2.24. The molecule has 2 aromatic heterocycles. The van der Waals surface area contributed by atoms with Crippen LogP contribution in [0.3, 0.4) is 0 Å². The van der Waals surface area contributed by atoms with Gasteiger partial charge in [0.25, 0.3) is 0 Å². The van der Waals surface area contributed by atoms with Crippen molar-refractivity contribution in [2.75, 3.05) is 7.11 Å². The monoisotopic (exact) mass is 219 g/mol. The van der Waals surface area contributed by atoms with Crippen LogP contribution in [-0.4, -0.2) is 23.2 Å². The topological polar surface area (TPSA) is 72.6 Å². The van der Waals surface area contributed by atoms with Crippen LogP contribution in [0.25, 0.3) is 11.3 Å². The van der Waals surface area contributed by atoms with Crippen LogP contribution in [0.4, 0.5) is 0 Å². The molecule has 0 atom stereocenters. The van der Waals surface area contributed by atoms with Gasteiger partial charge < -0.3 is 14.3 Å². The summed E-state index contributed by atoms with van der Waals surface area (Å²) >= 11 is 0. The molecule has 1 N–H and O–H groups in total. The zero-order valence-electron chi connectivity index (χ0n) is 8.51. The zero-order valence-corrected chi connectivity index (χ0v) is 8.51. The smallest absolute Gasteiger partial charge is 0.371 e. The number of ether oxygens (including phenoxy) is 1. The number of hydrogen-bond acceptors (Lipinski definition) is 4. The summed E-state index contributed by atoms with van der Waals surface area (Å²) in [5, 5.41) is 8.71. The van der Waals surface area contributed by atoms with Gasteiger partial charge in [-0.1, -0.05) is 0 Å². The van der Waals surface area contributed by atoms with Gasteiger partial charge in [-0.15, -0.1) is 0 Å². The lowest BCUT2D eigenvalue weighted by Crippen LogP contribution is -1.91. The van der Waals surface area contributed by atoms with Crippen molar-refractivity contribution in [3.05, 3.63) is 36.4 Å². The minimum Gasteiger partial charge on any atom is -0.495 e. The van der Waals surface area contributed by atoms with Crippen molar-refractivity contribution in [2.24, 2.45) is 0 Å². The van der Waals surface area contributed by atoms with Gasteiger partial charge in [0.05, 0.1) is 13.3 Å². The number of rotatable bonds is 3. The van der Waals surface area contributed by atoms with Gasteiger partial charge in [0.2, 0.25) is 5.76 Å². The van der Waals surface area contributed by atoms with Crippen molar-refractivity contribution in [1.82, 2.24) is 4.98 Å². The number of aromatic carboxylic acids is 1. The molecular formula is C11H9NO4. The number of carboxylic acid groups (broad SMARTS) is 1. The van der Waals surface area contributed by atoms with Crippen LogP contribution in [0.15, 0.2) is 35.0 Å². The molecule has 82 valence electrons. The average molecular weight is 219 g/mol. The molecule has 0 saturated carbocycles. The van der Waals surface area contributed by atoms with E-state index in [2.05, 4.69) is 4.98 Å². The molecule has 0 fully saturated rings. The van der Waals surface area contributed by atoms with E-state index in [1.165, 1.54) is 13.2 Å². The summed E-state index contributed by atoms with van der Waals surface area (Å²) in [5.41, 5.74) is 0.673. The second-order valence-corrected chi connectivity index (χ2v) is 3.08. The van der Waals surface area contributed by atoms with Gasteiger partial charge >= 0.3 is 5.97 Å². The van der Waals surface area contributed by atoms with E-state index >= 15 is 0 Å². The molecule has 16 heavy (non-hydrogen) atoms. The molecular weight excluding hydrogens is 210 g/mol. The highest BCUT2D eigenvalue weighted by Gasteiger charge is 2.10. The standard InChI is InChI=1S/C11H9NO4/c1-15-8-4-7(5-12-6-8)9-2-3-10(16-9)11(13)14/h2-6H,1H3,(H,13,14). The number of hydrogen-bond donors (Lipinski definition) is 1. The first-order chi connectivity index (χ1) is 7.70. The van der Waals surface area contributed by atoms with Crippen LogP contribution in [0.2, 0.25) is 0 Å². The van der Waals surface area contributed by atoms with E-state index in [1.54, 1.807) is 24.5 Å². The first-order valence-corrected chi connectivity index (χ1v) is 4.53. The maximum atomic E-state index is 10.6. The van der Waals surface area contributed by atoms with Gasteiger partial charge in [-0.05, 0) is 18.2 Å². The predicted molar refractivity (Wildman–Crippen MR) is 55.5 cm³/mol. The van der Waals surface area contributed by atoms with E-state index in [0.29, 0.717) is 17.1 Å². The van der Waals surface area contributed by atoms with E-state index in [1.807, 2.05) is 0 Å². The number of carbonyl (C=O) groups is 1. The summed E-state index contributed by atoms with van der Waals surface area (Å²) in [5.74, 6) is -0.158. The quantitative estimate of drug-likeness (QED) is 0.855. The van der Waals surface area contributed by atoms with Crippen molar-refractivity contribution in [3.8, 4) is 17.1 Å². The third kappa shape index (κ3) is 1.88. The summed E-state index contributed by atoms with van der Waals surface area (Å²) in [6.45, 7) is 0. The molecule has 0 amide bonds. The molecule has 5 nitrogen and oxygen atoms in total. The molecule has 5 heteroatoms. The summed E-state index contributed by atoms with van der Waals surface area (Å²) < 4.78 is 10.1. The third-order valence-electron chi connectivity index (χ3n) is 2.05. The Morgan fingerprint density at radius 3 is 2.88 bits per heavy atom. The number of furan rings is 1. The zero-order chi connectivity index (χ0) is 11.5. The molecule has 0 aliphatic rings. The Kier molecular flexibility index (Phi) is 2.59. The summed E-state index contributed by atoms with van der Waals surface area (Å²) in [7, 11) is 1.53. The predicted octanol–water partition coefficient (Wildman–Crippen LogP) is 2.05. The summed E-state index contributed by atoms with van der Waals surface area (Å²) in [6, 6.07) is 4.70. The fourth-order valence-corrected chi connectivity index (χ4v) is 1.27. The molecule has 0 unspecified atom stereocenters. The highest BCUT2D eigenvalue weighted by atomic mass is 16.5. The molecule has 2 rings (SSSR count). The lowest BCUT2D eigenvalue weighted by molar-refractivity contribution is 0.0663. The van der Waals surface area contributed by atoms with Crippen molar-refractivity contribution < 1.29 is 19.1 Å². The number of aromatic nitrogens is 1. The average Bonchev–Trinajstić information content (AvgIpc) is 2.78. The van der Waals surface area contributed by atoms with Gasteiger partial charge in [0.1, 0.15) is 11.5 Å². The normalized spacial score (nSPS) is 10.1. The molecule has 0 aromatic carbocycles. The summed E-state index contributed by atoms with van der Waals surface area (Å²) in [6.07, 6.45) is 3.14. The van der Waals surface area contributed by atoms with E-state index in [-0.39, 0.29) is 5.76 Å². The van der Waals surface area contributed by atoms with E-state index in [0.717, 1.165) is 0 Å². The van der Waals surface area contributed by atoms with Gasteiger partial charge in [0, 0.05) is 11.8 Å². The Hall–Kier alpha value is -2.30. The van der Waals surface area contributed by atoms with Crippen molar-refractivity contribution in [2.45, 2.75) is 0 Å². The largest absolute Gasteiger partial charge is 0.495 e. The fraction of sp³-hybridized carbons (Fsp3) is 0.0909. The molecule has 0 aliphatic heterocycles. The Bertz CT molecular complexity index is 518. The van der Waals surface area contributed by atoms with Gasteiger partial charge in [-0.2, -0.15) is 0 Å². The minimum absolute atomic E-state index is 0.0992. The van der Waals surface area contributed by atoms with Crippen LogP contribution in [0, 0.1) is 0 Å². The number of pyridine rings is 1. The van der Waals surface area contributed by atoms with Gasteiger partial charge in [-0.3, -0.25) is 4.98 Å². The summed E-state index contributed by atoms with van der Waals surface area (Å²) in [4.78, 5) is 14.6. The Morgan fingerprint density at radius 1 is 1.44 bits per heavy atom. The Balaban J connectivity index is 2.38. The van der Waals surface area contributed by atoms with Crippen molar-refractivity contribution >= 4 is 5.97 Å². The molecule has 2 aromatic rings. The highest BCUT2D eigenvalue weighted by molar-refractivity contribution is 5.85. The molecule has 0 aliphatic carbocycles. The first kappa shape index (κ1) is 10.2. The lowest BCUT2D eigenvalue weighted by Gasteiger charge is -2.00. The van der Waals surface area contributed by atoms with Crippen LogP contribution in [0.5, 0.6) is 5.75 Å². The molecule has 0 spiro atoms. The molecule has 0 saturated heterocycles. The fourth-order valence-electron chi connectivity index (χ4n) is 1.27. The molecule has 0 bridgehead atoms. The number of nitrogens with zero attached hydrogens (tertiary/aromatic N) is 1.